The summed E-state index contributed by atoms with van der Waals surface area (Å²) in [6.45, 7) is 3.79. The van der Waals surface area contributed by atoms with Gasteiger partial charge in [0.2, 0.25) is 0 Å². The summed E-state index contributed by atoms with van der Waals surface area (Å²) < 4.78 is 39.7. The van der Waals surface area contributed by atoms with Crippen molar-refractivity contribution in [1.82, 2.24) is 9.38 Å². The number of carboxylic acid groups (broad SMARTS) is 1. The molecule has 7 heteroatoms. The van der Waals surface area contributed by atoms with E-state index < -0.39 is 17.7 Å². The van der Waals surface area contributed by atoms with Crippen LogP contribution >= 0.6 is 0 Å². The van der Waals surface area contributed by atoms with Crippen LogP contribution in [0.5, 0.6) is 0 Å². The lowest BCUT2D eigenvalue weighted by molar-refractivity contribution is -0.137. The van der Waals surface area contributed by atoms with E-state index in [0.29, 0.717) is 5.56 Å². The fourth-order valence-corrected chi connectivity index (χ4v) is 2.51. The molecule has 3 rings (SSSR count). The molecule has 1 aromatic carbocycles. The summed E-state index contributed by atoms with van der Waals surface area (Å²) in [5, 5.41) is 9.49. The van der Waals surface area contributed by atoms with Crippen molar-refractivity contribution in [3.8, 4) is 11.3 Å². The smallest absolute Gasteiger partial charge is 0.417 e. The highest BCUT2D eigenvalue weighted by molar-refractivity contribution is 5.94. The normalized spacial score (nSPS) is 11.9. The molecule has 1 N–H and O–H groups in total. The van der Waals surface area contributed by atoms with E-state index in [1.807, 2.05) is 19.9 Å². The molecule has 0 aliphatic heterocycles. The molecule has 0 fully saturated rings. The van der Waals surface area contributed by atoms with Gasteiger partial charge < -0.3 is 5.11 Å². The number of carbonyl (C=O) groups is 1. The summed E-state index contributed by atoms with van der Waals surface area (Å²) >= 11 is 0. The lowest BCUT2D eigenvalue weighted by Crippen LogP contribution is -2.09. The second-order valence-corrected chi connectivity index (χ2v) is 5.56. The molecule has 24 heavy (non-hydrogen) atoms. The summed E-state index contributed by atoms with van der Waals surface area (Å²) in [5.74, 6) is -1.34. The first kappa shape index (κ1) is 16.0. The fourth-order valence-electron chi connectivity index (χ4n) is 2.51. The molecule has 2 heterocycles. The van der Waals surface area contributed by atoms with E-state index >= 15 is 0 Å². The van der Waals surface area contributed by atoms with Crippen molar-refractivity contribution < 1.29 is 23.1 Å². The Morgan fingerprint density at radius 3 is 2.42 bits per heavy atom. The van der Waals surface area contributed by atoms with Crippen molar-refractivity contribution in [3.05, 3.63) is 58.9 Å². The third-order valence-corrected chi connectivity index (χ3v) is 3.93. The largest absolute Gasteiger partial charge is 0.476 e. The molecule has 0 amide bonds. The van der Waals surface area contributed by atoms with Crippen molar-refractivity contribution in [2.45, 2.75) is 20.0 Å². The Morgan fingerprint density at radius 1 is 1.12 bits per heavy atom. The summed E-state index contributed by atoms with van der Waals surface area (Å²) in [6.07, 6.45) is -3.80. The van der Waals surface area contributed by atoms with Gasteiger partial charge in [-0.1, -0.05) is 12.1 Å². The van der Waals surface area contributed by atoms with Crippen molar-refractivity contribution in [1.29, 1.82) is 0 Å². The highest BCUT2D eigenvalue weighted by atomic mass is 19.4. The highest BCUT2D eigenvalue weighted by Gasteiger charge is 2.32. The molecule has 4 nitrogen and oxygen atoms in total. The maximum Gasteiger partial charge on any atom is 0.417 e. The zero-order valence-electron chi connectivity index (χ0n) is 12.8. The number of carboxylic acids is 1. The standard InChI is InChI=1S/C17H13F3N2O2/c1-9-3-4-11(7-10(9)2)14-15(16(23)24)22-8-12(17(18,19)20)5-6-13(22)21-14/h3-8H,1-2H3,(H,23,24). The second kappa shape index (κ2) is 5.36. The summed E-state index contributed by atoms with van der Waals surface area (Å²) in [7, 11) is 0. The van der Waals surface area contributed by atoms with E-state index in [1.165, 1.54) is 6.07 Å². The minimum atomic E-state index is -4.56. The van der Waals surface area contributed by atoms with Gasteiger partial charge >= 0.3 is 12.1 Å². The number of fused-ring (bicyclic) bond motifs is 1. The van der Waals surface area contributed by atoms with Crippen molar-refractivity contribution >= 4 is 11.6 Å². The number of aryl methyl sites for hydroxylation is 2. The second-order valence-electron chi connectivity index (χ2n) is 5.56. The number of aromatic nitrogens is 2. The molecule has 124 valence electrons. The Hall–Kier alpha value is -2.83. The number of rotatable bonds is 2. The van der Waals surface area contributed by atoms with Crippen LogP contribution in [0.3, 0.4) is 0 Å². The Bertz CT molecular complexity index is 958. The number of hydrogen-bond donors (Lipinski definition) is 1. The quantitative estimate of drug-likeness (QED) is 0.759. The summed E-state index contributed by atoms with van der Waals surface area (Å²) in [6, 6.07) is 7.36. The number of halogens is 3. The number of imidazole rings is 1. The molecule has 2 aromatic heterocycles. The van der Waals surface area contributed by atoms with E-state index in [-0.39, 0.29) is 17.0 Å². The molecule has 0 atom stereocenters. The van der Waals surface area contributed by atoms with E-state index in [2.05, 4.69) is 4.98 Å². The van der Waals surface area contributed by atoms with Crippen molar-refractivity contribution in [3.63, 3.8) is 0 Å². The molecule has 0 aliphatic carbocycles. The monoisotopic (exact) mass is 334 g/mol. The maximum absolute atomic E-state index is 12.9. The van der Waals surface area contributed by atoms with Crippen LogP contribution in [0, 0.1) is 13.8 Å². The zero-order chi connectivity index (χ0) is 17.6. The van der Waals surface area contributed by atoms with Crippen molar-refractivity contribution in [2.24, 2.45) is 0 Å². The molecule has 0 spiro atoms. The van der Waals surface area contributed by atoms with Gasteiger partial charge in [-0.3, -0.25) is 4.40 Å². The Balaban J connectivity index is 2.30. The molecule has 0 bridgehead atoms. The molecule has 0 saturated heterocycles. The predicted octanol–water partition coefficient (Wildman–Crippen LogP) is 4.34. The van der Waals surface area contributed by atoms with Gasteiger partial charge in [-0.05, 0) is 43.2 Å². The molecular weight excluding hydrogens is 321 g/mol. The van der Waals surface area contributed by atoms with Crippen LogP contribution in [-0.2, 0) is 6.18 Å². The topological polar surface area (TPSA) is 54.6 Å². The predicted molar refractivity (Wildman–Crippen MR) is 82.1 cm³/mol. The van der Waals surface area contributed by atoms with Crippen LogP contribution < -0.4 is 0 Å². The van der Waals surface area contributed by atoms with Crippen LogP contribution in [0.1, 0.15) is 27.2 Å². The van der Waals surface area contributed by atoms with Crippen LogP contribution in [0.2, 0.25) is 0 Å². The Labute approximate surface area is 135 Å². The lowest BCUT2D eigenvalue weighted by Gasteiger charge is -2.07. The fraction of sp³-hybridized carbons (Fsp3) is 0.176. The number of pyridine rings is 1. The maximum atomic E-state index is 12.9. The molecule has 0 radical (unpaired) electrons. The molecule has 0 aliphatic rings. The summed E-state index contributed by atoms with van der Waals surface area (Å²) in [5.41, 5.74) is 1.59. The van der Waals surface area contributed by atoms with E-state index in [0.717, 1.165) is 27.8 Å². The minimum absolute atomic E-state index is 0.143. The average molecular weight is 334 g/mol. The Morgan fingerprint density at radius 2 is 1.83 bits per heavy atom. The van der Waals surface area contributed by atoms with Gasteiger partial charge in [0.15, 0.2) is 5.69 Å². The van der Waals surface area contributed by atoms with Crippen LogP contribution in [-0.4, -0.2) is 20.5 Å². The van der Waals surface area contributed by atoms with E-state index in [4.69, 9.17) is 0 Å². The minimum Gasteiger partial charge on any atom is -0.476 e. The van der Waals surface area contributed by atoms with Crippen molar-refractivity contribution in [2.75, 3.05) is 0 Å². The lowest BCUT2D eigenvalue weighted by atomic mass is 10.0. The van der Waals surface area contributed by atoms with Crippen LogP contribution in [0.25, 0.3) is 16.9 Å². The first-order chi connectivity index (χ1) is 11.2. The Kier molecular flexibility index (Phi) is 3.59. The summed E-state index contributed by atoms with van der Waals surface area (Å²) in [4.78, 5) is 15.9. The van der Waals surface area contributed by atoms with Gasteiger partial charge in [-0.2, -0.15) is 13.2 Å². The van der Waals surface area contributed by atoms with Crippen LogP contribution in [0.4, 0.5) is 13.2 Å². The van der Waals surface area contributed by atoms with E-state index in [1.54, 1.807) is 12.1 Å². The zero-order valence-corrected chi connectivity index (χ0v) is 12.8. The number of nitrogens with zero attached hydrogens (tertiary/aromatic N) is 2. The third-order valence-electron chi connectivity index (χ3n) is 3.93. The van der Waals surface area contributed by atoms with Gasteiger partial charge in [0.1, 0.15) is 11.3 Å². The van der Waals surface area contributed by atoms with E-state index in [9.17, 15) is 23.1 Å². The number of alkyl halides is 3. The van der Waals surface area contributed by atoms with Gasteiger partial charge in [0.25, 0.3) is 0 Å². The third kappa shape index (κ3) is 2.62. The SMILES string of the molecule is Cc1ccc(-c2nc3ccc(C(F)(F)F)cn3c2C(=O)O)cc1C. The van der Waals surface area contributed by atoms with Gasteiger partial charge in [-0.25, -0.2) is 9.78 Å². The molecule has 0 unspecified atom stereocenters. The highest BCUT2D eigenvalue weighted by Crippen LogP contribution is 2.32. The molecule has 0 saturated carbocycles. The van der Waals surface area contributed by atoms with Crippen LogP contribution in [0.15, 0.2) is 36.5 Å². The first-order valence-electron chi connectivity index (χ1n) is 7.08. The number of aromatic carboxylic acids is 1. The van der Waals surface area contributed by atoms with Gasteiger partial charge in [0.05, 0.1) is 5.56 Å². The van der Waals surface area contributed by atoms with Gasteiger partial charge in [-0.15, -0.1) is 0 Å². The molecule has 3 aromatic rings. The number of benzene rings is 1. The molecular formula is C17H13F3N2O2. The number of hydrogen-bond acceptors (Lipinski definition) is 2. The van der Waals surface area contributed by atoms with Gasteiger partial charge in [0, 0.05) is 11.8 Å². The first-order valence-corrected chi connectivity index (χ1v) is 7.08. The average Bonchev–Trinajstić information content (AvgIpc) is 2.87.